The van der Waals surface area contributed by atoms with Crippen molar-refractivity contribution in [1.29, 1.82) is 0 Å². The third-order valence-corrected chi connectivity index (χ3v) is 6.08. The van der Waals surface area contributed by atoms with Crippen LogP contribution < -0.4 is 4.72 Å². The number of alkyl halides is 1. The predicted molar refractivity (Wildman–Crippen MR) is 85.4 cm³/mol. The maximum Gasteiger partial charge on any atom is 0.240 e. The van der Waals surface area contributed by atoms with E-state index in [9.17, 15) is 8.42 Å². The summed E-state index contributed by atoms with van der Waals surface area (Å²) in [5, 5.41) is 0.737. The molecular weight excluding hydrogens is 338 g/mol. The van der Waals surface area contributed by atoms with Gasteiger partial charge in [-0.2, -0.15) is 0 Å². The van der Waals surface area contributed by atoms with E-state index >= 15 is 0 Å². The number of rotatable bonds is 5. The van der Waals surface area contributed by atoms with Gasteiger partial charge in [0.15, 0.2) is 0 Å². The van der Waals surface area contributed by atoms with Crippen LogP contribution in [0.3, 0.4) is 0 Å². The van der Waals surface area contributed by atoms with E-state index in [1.165, 1.54) is 12.8 Å². The van der Waals surface area contributed by atoms with Gasteiger partial charge in [0.1, 0.15) is 0 Å². The van der Waals surface area contributed by atoms with Crippen LogP contribution in [-0.2, 0) is 15.4 Å². The average molecular weight is 360 g/mol. The van der Waals surface area contributed by atoms with Crippen molar-refractivity contribution in [3.8, 4) is 0 Å². The molecule has 1 aliphatic rings. The summed E-state index contributed by atoms with van der Waals surface area (Å²) in [6.07, 6.45) is 4.76. The van der Waals surface area contributed by atoms with Crippen LogP contribution >= 0.6 is 15.9 Å². The summed E-state index contributed by atoms with van der Waals surface area (Å²) in [5.74, 6) is 1.20. The summed E-state index contributed by atoms with van der Waals surface area (Å²) in [6, 6.07) is 7.02. The van der Waals surface area contributed by atoms with Crippen molar-refractivity contribution in [3.63, 3.8) is 0 Å². The second kappa shape index (κ2) is 7.05. The third kappa shape index (κ3) is 4.30. The van der Waals surface area contributed by atoms with E-state index in [-0.39, 0.29) is 0 Å². The molecule has 0 bridgehead atoms. The maximum atomic E-state index is 12.2. The van der Waals surface area contributed by atoms with Gasteiger partial charge in [0.25, 0.3) is 0 Å². The smallest absolute Gasteiger partial charge is 0.211 e. The van der Waals surface area contributed by atoms with Crippen LogP contribution in [0.15, 0.2) is 29.2 Å². The molecule has 3 nitrogen and oxygen atoms in total. The van der Waals surface area contributed by atoms with Gasteiger partial charge in [0.2, 0.25) is 10.0 Å². The van der Waals surface area contributed by atoms with E-state index in [0.29, 0.717) is 17.4 Å². The number of hydrogen-bond acceptors (Lipinski definition) is 2. The van der Waals surface area contributed by atoms with Gasteiger partial charge in [-0.15, -0.1) is 0 Å². The molecule has 0 aliphatic heterocycles. The quantitative estimate of drug-likeness (QED) is 0.814. The molecule has 0 radical (unpaired) electrons. The summed E-state index contributed by atoms with van der Waals surface area (Å²) >= 11 is 3.36. The molecule has 2 rings (SSSR count). The van der Waals surface area contributed by atoms with Crippen molar-refractivity contribution in [3.05, 3.63) is 29.8 Å². The molecule has 0 amide bonds. The molecule has 5 heteroatoms. The molecular formula is C15H22BrNO2S. The molecule has 1 aromatic carbocycles. The van der Waals surface area contributed by atoms with E-state index in [1.807, 2.05) is 12.1 Å². The third-order valence-electron chi connectivity index (χ3n) is 3.99. The van der Waals surface area contributed by atoms with Gasteiger partial charge in [-0.05, 0) is 42.4 Å². The van der Waals surface area contributed by atoms with Gasteiger partial charge in [0, 0.05) is 11.9 Å². The highest BCUT2D eigenvalue weighted by molar-refractivity contribution is 9.08. The highest BCUT2D eigenvalue weighted by Gasteiger charge is 2.21. The fraction of sp³-hybridized carbons (Fsp3) is 0.600. The zero-order valence-electron chi connectivity index (χ0n) is 11.8. The zero-order chi connectivity index (χ0) is 14.6. The molecule has 20 heavy (non-hydrogen) atoms. The molecule has 1 aromatic rings. The molecule has 0 spiro atoms. The monoisotopic (exact) mass is 359 g/mol. The summed E-state index contributed by atoms with van der Waals surface area (Å²) in [7, 11) is -3.37. The molecule has 1 N–H and O–H groups in total. The van der Waals surface area contributed by atoms with Crippen molar-refractivity contribution < 1.29 is 8.42 Å². The molecule has 0 saturated heterocycles. The van der Waals surface area contributed by atoms with Crippen molar-refractivity contribution >= 4 is 26.0 Å². The lowest BCUT2D eigenvalue weighted by atomic mass is 9.83. The highest BCUT2D eigenvalue weighted by Crippen LogP contribution is 2.28. The Labute approximate surface area is 130 Å². The topological polar surface area (TPSA) is 46.2 Å². The summed E-state index contributed by atoms with van der Waals surface area (Å²) in [4.78, 5) is 0.353. The Morgan fingerprint density at radius 3 is 2.55 bits per heavy atom. The lowest BCUT2D eigenvalue weighted by Gasteiger charge is -2.26. The van der Waals surface area contributed by atoms with E-state index in [1.54, 1.807) is 12.1 Å². The normalized spacial score (nSPS) is 23.7. The van der Waals surface area contributed by atoms with Crippen LogP contribution in [-0.4, -0.2) is 15.0 Å². The van der Waals surface area contributed by atoms with Crippen LogP contribution in [0.1, 0.15) is 38.2 Å². The van der Waals surface area contributed by atoms with E-state index in [0.717, 1.165) is 29.7 Å². The summed E-state index contributed by atoms with van der Waals surface area (Å²) < 4.78 is 27.2. The van der Waals surface area contributed by atoms with Crippen LogP contribution in [0.2, 0.25) is 0 Å². The molecule has 1 aliphatic carbocycles. The van der Waals surface area contributed by atoms with Gasteiger partial charge in [-0.25, -0.2) is 13.1 Å². The van der Waals surface area contributed by atoms with Crippen molar-refractivity contribution in [2.45, 2.75) is 42.8 Å². The SMILES string of the molecule is CC1CCCC(CNS(=O)(=O)c2ccc(CBr)cc2)C1. The summed E-state index contributed by atoms with van der Waals surface area (Å²) in [5.41, 5.74) is 1.07. The number of sulfonamides is 1. The molecule has 2 atom stereocenters. The van der Waals surface area contributed by atoms with Crippen molar-refractivity contribution in [2.75, 3.05) is 6.54 Å². The maximum absolute atomic E-state index is 12.2. The van der Waals surface area contributed by atoms with Crippen LogP contribution in [0, 0.1) is 11.8 Å². The first-order valence-corrected chi connectivity index (χ1v) is 9.76. The van der Waals surface area contributed by atoms with E-state index < -0.39 is 10.0 Å². The fourth-order valence-corrected chi connectivity index (χ4v) is 4.30. The Bertz CT molecular complexity index is 527. The Hall–Kier alpha value is -0.390. The molecule has 1 saturated carbocycles. The number of hydrogen-bond donors (Lipinski definition) is 1. The minimum absolute atomic E-state index is 0.353. The van der Waals surface area contributed by atoms with Gasteiger partial charge in [-0.3, -0.25) is 0 Å². The van der Waals surface area contributed by atoms with E-state index in [2.05, 4.69) is 27.6 Å². The van der Waals surface area contributed by atoms with Gasteiger partial charge >= 0.3 is 0 Å². The largest absolute Gasteiger partial charge is 0.240 e. The summed E-state index contributed by atoms with van der Waals surface area (Å²) in [6.45, 7) is 2.81. The van der Waals surface area contributed by atoms with Crippen LogP contribution in [0.5, 0.6) is 0 Å². The fourth-order valence-electron chi connectivity index (χ4n) is 2.81. The van der Waals surface area contributed by atoms with Crippen LogP contribution in [0.4, 0.5) is 0 Å². The van der Waals surface area contributed by atoms with Gasteiger partial charge in [-0.1, -0.05) is 47.8 Å². The minimum atomic E-state index is -3.37. The standard InChI is InChI=1S/C15H22BrNO2S/c1-12-3-2-4-14(9-12)11-17-20(18,19)15-7-5-13(10-16)6-8-15/h5-8,12,14,17H,2-4,9-11H2,1H3. The molecule has 0 aromatic heterocycles. The van der Waals surface area contributed by atoms with E-state index in [4.69, 9.17) is 0 Å². The number of halogens is 1. The van der Waals surface area contributed by atoms with Gasteiger partial charge < -0.3 is 0 Å². The first-order valence-electron chi connectivity index (χ1n) is 7.16. The van der Waals surface area contributed by atoms with Crippen molar-refractivity contribution in [1.82, 2.24) is 4.72 Å². The van der Waals surface area contributed by atoms with Crippen LogP contribution in [0.25, 0.3) is 0 Å². The second-order valence-corrected chi connectivity index (χ2v) is 8.09. The first-order chi connectivity index (χ1) is 9.51. The Morgan fingerprint density at radius 1 is 1.25 bits per heavy atom. The molecule has 0 heterocycles. The molecule has 112 valence electrons. The first kappa shape index (κ1) is 16.0. The second-order valence-electron chi connectivity index (χ2n) is 5.77. The Morgan fingerprint density at radius 2 is 1.95 bits per heavy atom. The minimum Gasteiger partial charge on any atom is -0.211 e. The Kier molecular flexibility index (Phi) is 5.64. The van der Waals surface area contributed by atoms with Gasteiger partial charge in [0.05, 0.1) is 4.90 Å². The zero-order valence-corrected chi connectivity index (χ0v) is 14.2. The van der Waals surface area contributed by atoms with Crippen molar-refractivity contribution in [2.24, 2.45) is 11.8 Å². The molecule has 2 unspecified atom stereocenters. The number of benzene rings is 1. The molecule has 1 fully saturated rings. The predicted octanol–water partition coefficient (Wildman–Crippen LogP) is 3.69. The highest BCUT2D eigenvalue weighted by atomic mass is 79.9. The lowest BCUT2D eigenvalue weighted by molar-refractivity contribution is 0.283. The Balaban J connectivity index is 1.96. The average Bonchev–Trinajstić information content (AvgIpc) is 2.45. The number of nitrogens with one attached hydrogen (secondary N) is 1. The lowest BCUT2D eigenvalue weighted by Crippen LogP contribution is -2.31.